The van der Waals surface area contributed by atoms with Gasteiger partial charge in [0.05, 0.1) is 12.4 Å². The summed E-state index contributed by atoms with van der Waals surface area (Å²) in [5.74, 6) is 0.397. The fourth-order valence-electron chi connectivity index (χ4n) is 3.29. The summed E-state index contributed by atoms with van der Waals surface area (Å²) in [5.41, 5.74) is 3.23. The Morgan fingerprint density at radius 2 is 2.12 bits per heavy atom. The molecule has 7 heteroatoms. The lowest BCUT2D eigenvalue weighted by Gasteiger charge is -2.23. The normalized spacial score (nSPS) is 16.9. The zero-order valence-electron chi connectivity index (χ0n) is 15.6. The minimum atomic E-state index is -0.190. The highest BCUT2D eigenvalue weighted by molar-refractivity contribution is 7.99. The monoisotopic (exact) mass is 372 g/mol. The van der Waals surface area contributed by atoms with Crippen molar-refractivity contribution in [3.8, 4) is 0 Å². The van der Waals surface area contributed by atoms with Crippen LogP contribution in [0.2, 0.25) is 0 Å². The number of rotatable bonds is 7. The van der Waals surface area contributed by atoms with Crippen LogP contribution in [0.25, 0.3) is 0 Å². The number of fused-ring (bicyclic) bond motifs is 1. The van der Waals surface area contributed by atoms with Gasteiger partial charge in [0, 0.05) is 43.6 Å². The number of aromatic nitrogens is 3. The molecule has 0 bridgehead atoms. The van der Waals surface area contributed by atoms with Crippen LogP contribution in [-0.4, -0.2) is 47.1 Å². The Kier molecular flexibility index (Phi) is 5.48. The lowest BCUT2D eigenvalue weighted by atomic mass is 9.83. The third-order valence-corrected chi connectivity index (χ3v) is 5.70. The number of benzene rings is 1. The van der Waals surface area contributed by atoms with E-state index in [2.05, 4.69) is 41.1 Å². The van der Waals surface area contributed by atoms with Gasteiger partial charge in [-0.2, -0.15) is 0 Å². The molecule has 0 atom stereocenters. The number of thioether (sulfide) groups is 1. The van der Waals surface area contributed by atoms with Crippen LogP contribution in [0.5, 0.6) is 0 Å². The number of carbonyl (C=O) groups excluding carboxylic acids is 1. The first-order valence-electron chi connectivity index (χ1n) is 8.53. The number of allylic oxidation sites excluding steroid dienone is 2. The van der Waals surface area contributed by atoms with E-state index in [9.17, 15) is 4.79 Å². The molecule has 2 aromatic rings. The van der Waals surface area contributed by atoms with Crippen LogP contribution in [-0.2, 0) is 21.5 Å². The zero-order chi connectivity index (χ0) is 18.7. The van der Waals surface area contributed by atoms with Gasteiger partial charge in [-0.1, -0.05) is 43.8 Å². The first kappa shape index (κ1) is 18.7. The van der Waals surface area contributed by atoms with E-state index in [1.807, 2.05) is 23.7 Å². The average molecular weight is 372 g/mol. The maximum absolute atomic E-state index is 12.6. The van der Waals surface area contributed by atoms with Crippen molar-refractivity contribution >= 4 is 23.2 Å². The predicted molar refractivity (Wildman–Crippen MR) is 104 cm³/mol. The van der Waals surface area contributed by atoms with Crippen LogP contribution in [0.4, 0.5) is 5.69 Å². The predicted octanol–water partition coefficient (Wildman–Crippen LogP) is 2.90. The van der Waals surface area contributed by atoms with Crippen LogP contribution >= 0.6 is 11.8 Å². The van der Waals surface area contributed by atoms with E-state index >= 15 is 0 Å². The molecule has 0 saturated carbocycles. The number of hydrogen-bond donors (Lipinski definition) is 0. The molecule has 0 saturated heterocycles. The summed E-state index contributed by atoms with van der Waals surface area (Å²) < 4.78 is 6.98. The Hall–Kier alpha value is -2.12. The third kappa shape index (κ3) is 3.54. The molecule has 0 aliphatic carbocycles. The minimum absolute atomic E-state index is 0.0685. The van der Waals surface area contributed by atoms with Gasteiger partial charge in [-0.3, -0.25) is 4.79 Å². The molecule has 0 unspecified atom stereocenters. The van der Waals surface area contributed by atoms with Gasteiger partial charge in [-0.25, -0.2) is 0 Å². The minimum Gasteiger partial charge on any atom is -0.383 e. The molecule has 1 aliphatic heterocycles. The fraction of sp³-hybridized carbons (Fsp3) is 0.421. The van der Waals surface area contributed by atoms with Crippen molar-refractivity contribution in [3.63, 3.8) is 0 Å². The van der Waals surface area contributed by atoms with Gasteiger partial charge in [-0.05, 0) is 11.6 Å². The summed E-state index contributed by atoms with van der Waals surface area (Å²) in [5, 5.41) is 8.74. The van der Waals surface area contributed by atoms with Crippen molar-refractivity contribution in [2.75, 3.05) is 31.4 Å². The molecule has 2 heterocycles. The fourth-order valence-corrected chi connectivity index (χ4v) is 4.05. The molecule has 1 aromatic heterocycles. The summed E-state index contributed by atoms with van der Waals surface area (Å²) in [6.07, 6.45) is 3.43. The van der Waals surface area contributed by atoms with Crippen LogP contribution in [0, 0.1) is 0 Å². The highest BCUT2D eigenvalue weighted by Crippen LogP contribution is 2.46. The standard InChI is InChI=1S/C19H24N4O2S/c1-19(2)15-7-5-6-8-16(15)22(3)17(19)11-14(24)12-26-18-21-20-13-23(18)9-10-25-4/h5-8,11,13H,9-10,12H2,1-4H3/b17-11+. The van der Waals surface area contributed by atoms with Gasteiger partial charge in [0.15, 0.2) is 10.9 Å². The van der Waals surface area contributed by atoms with Crippen molar-refractivity contribution in [2.24, 2.45) is 0 Å². The number of nitrogens with zero attached hydrogens (tertiary/aromatic N) is 4. The maximum Gasteiger partial charge on any atom is 0.191 e. The number of likely N-dealkylation sites (N-methyl/N-ethyl adjacent to an activating group) is 1. The van der Waals surface area contributed by atoms with E-state index in [1.54, 1.807) is 19.5 Å². The van der Waals surface area contributed by atoms with Gasteiger partial charge in [0.2, 0.25) is 0 Å². The number of ketones is 1. The second kappa shape index (κ2) is 7.63. The SMILES string of the molecule is COCCn1cnnc1SCC(=O)/C=C1/N(C)c2ccccc2C1(C)C. The third-order valence-electron chi connectivity index (χ3n) is 4.70. The van der Waals surface area contributed by atoms with Crippen molar-refractivity contribution in [1.29, 1.82) is 0 Å². The van der Waals surface area contributed by atoms with E-state index < -0.39 is 0 Å². The quantitative estimate of drug-likeness (QED) is 0.550. The van der Waals surface area contributed by atoms with Gasteiger partial charge in [0.25, 0.3) is 0 Å². The number of carbonyl (C=O) groups is 1. The van der Waals surface area contributed by atoms with Crippen molar-refractivity contribution < 1.29 is 9.53 Å². The second-order valence-electron chi connectivity index (χ2n) is 6.79. The number of methoxy groups -OCH3 is 1. The van der Waals surface area contributed by atoms with E-state index in [-0.39, 0.29) is 11.2 Å². The molecular formula is C19H24N4O2S. The molecule has 26 heavy (non-hydrogen) atoms. The summed E-state index contributed by atoms with van der Waals surface area (Å²) in [6.45, 7) is 5.57. The van der Waals surface area contributed by atoms with Gasteiger partial charge in [0.1, 0.15) is 6.33 Å². The average Bonchev–Trinajstić information content (AvgIpc) is 3.15. The van der Waals surface area contributed by atoms with Gasteiger partial charge in [-0.15, -0.1) is 10.2 Å². The number of anilines is 1. The van der Waals surface area contributed by atoms with E-state index in [0.29, 0.717) is 18.9 Å². The highest BCUT2D eigenvalue weighted by Gasteiger charge is 2.38. The number of ether oxygens (including phenoxy) is 1. The molecule has 0 N–H and O–H groups in total. The van der Waals surface area contributed by atoms with Crippen molar-refractivity contribution in [3.05, 3.63) is 47.9 Å². The molecule has 6 nitrogen and oxygen atoms in total. The van der Waals surface area contributed by atoms with E-state index in [4.69, 9.17) is 4.74 Å². The molecule has 0 radical (unpaired) electrons. The lowest BCUT2D eigenvalue weighted by molar-refractivity contribution is -0.112. The Balaban J connectivity index is 1.71. The zero-order valence-corrected chi connectivity index (χ0v) is 16.4. The largest absolute Gasteiger partial charge is 0.383 e. The Morgan fingerprint density at radius 1 is 1.35 bits per heavy atom. The maximum atomic E-state index is 12.6. The summed E-state index contributed by atoms with van der Waals surface area (Å²) in [6, 6.07) is 8.29. The van der Waals surface area contributed by atoms with Crippen LogP contribution in [0.3, 0.4) is 0 Å². The van der Waals surface area contributed by atoms with Crippen LogP contribution in [0.15, 0.2) is 47.5 Å². The number of hydrogen-bond acceptors (Lipinski definition) is 6. The summed E-state index contributed by atoms with van der Waals surface area (Å²) >= 11 is 1.40. The summed E-state index contributed by atoms with van der Waals surface area (Å²) in [7, 11) is 3.67. The topological polar surface area (TPSA) is 60.2 Å². The lowest BCUT2D eigenvalue weighted by Crippen LogP contribution is -2.24. The van der Waals surface area contributed by atoms with Crippen LogP contribution in [0.1, 0.15) is 19.4 Å². The van der Waals surface area contributed by atoms with Crippen molar-refractivity contribution in [2.45, 2.75) is 31.0 Å². The Bertz CT molecular complexity index is 828. The molecule has 1 aliphatic rings. The number of para-hydroxylation sites is 1. The first-order chi connectivity index (χ1) is 12.4. The van der Waals surface area contributed by atoms with Gasteiger partial charge < -0.3 is 14.2 Å². The van der Waals surface area contributed by atoms with Gasteiger partial charge >= 0.3 is 0 Å². The van der Waals surface area contributed by atoms with Crippen molar-refractivity contribution in [1.82, 2.24) is 14.8 Å². The van der Waals surface area contributed by atoms with E-state index in [0.717, 1.165) is 16.5 Å². The highest BCUT2D eigenvalue weighted by atomic mass is 32.2. The molecule has 0 amide bonds. The molecule has 138 valence electrons. The summed E-state index contributed by atoms with van der Waals surface area (Å²) in [4.78, 5) is 14.7. The molecule has 3 rings (SSSR count). The molecule has 1 aromatic carbocycles. The molecule has 0 fully saturated rings. The Morgan fingerprint density at radius 3 is 2.85 bits per heavy atom. The van der Waals surface area contributed by atoms with Crippen LogP contribution < -0.4 is 4.90 Å². The molecular weight excluding hydrogens is 348 g/mol. The smallest absolute Gasteiger partial charge is 0.191 e. The molecule has 0 spiro atoms. The Labute approximate surface area is 158 Å². The second-order valence-corrected chi connectivity index (χ2v) is 7.73. The van der Waals surface area contributed by atoms with E-state index in [1.165, 1.54) is 17.3 Å². The first-order valence-corrected chi connectivity index (χ1v) is 9.51.